The SMILES string of the molecule is N#Cc1ccc2c(c1)c1ccccc1n2-c1cccc(C#N)c1-c1cccc(-n2c3ccccc3c3c(-n4c5ccccc5c5ccccc54)cccc32)c1. The van der Waals surface area contributed by atoms with Crippen LogP contribution in [0.5, 0.6) is 0 Å². The van der Waals surface area contributed by atoms with Gasteiger partial charge in [0.05, 0.1) is 67.7 Å². The van der Waals surface area contributed by atoms with Crippen molar-refractivity contribution in [3.05, 3.63) is 187 Å². The summed E-state index contributed by atoms with van der Waals surface area (Å²) in [4.78, 5) is 0. The molecule has 5 nitrogen and oxygen atoms in total. The number of nitriles is 2. The number of hydrogen-bond acceptors (Lipinski definition) is 2. The molecular weight excluding hydrogens is 671 g/mol. The lowest BCUT2D eigenvalue weighted by atomic mass is 9.97. The molecule has 8 aromatic carbocycles. The van der Waals surface area contributed by atoms with Crippen LogP contribution in [0.15, 0.2) is 176 Å². The molecule has 0 aliphatic carbocycles. The Bertz CT molecular complexity index is 3420. The third-order valence-corrected chi connectivity index (χ3v) is 11.1. The first kappa shape index (κ1) is 30.7. The van der Waals surface area contributed by atoms with E-state index in [1.807, 2.05) is 42.5 Å². The molecule has 0 bridgehead atoms. The van der Waals surface area contributed by atoms with Crippen LogP contribution in [0.4, 0.5) is 0 Å². The Morgan fingerprint density at radius 2 is 0.891 bits per heavy atom. The Morgan fingerprint density at radius 3 is 1.56 bits per heavy atom. The van der Waals surface area contributed by atoms with E-state index in [4.69, 9.17) is 0 Å². The van der Waals surface area contributed by atoms with Crippen LogP contribution in [-0.4, -0.2) is 13.7 Å². The molecule has 3 aromatic heterocycles. The van der Waals surface area contributed by atoms with Gasteiger partial charge in [0.1, 0.15) is 0 Å². The van der Waals surface area contributed by atoms with Crippen molar-refractivity contribution >= 4 is 65.4 Å². The summed E-state index contributed by atoms with van der Waals surface area (Å²) < 4.78 is 6.98. The number of nitrogens with zero attached hydrogens (tertiary/aromatic N) is 5. The molecule has 0 atom stereocenters. The maximum absolute atomic E-state index is 10.6. The van der Waals surface area contributed by atoms with Gasteiger partial charge in [-0.2, -0.15) is 10.5 Å². The highest BCUT2D eigenvalue weighted by atomic mass is 15.0. The molecule has 11 aromatic rings. The Hall–Kier alpha value is -7.86. The summed E-state index contributed by atoms with van der Waals surface area (Å²) in [7, 11) is 0. The second-order valence-electron chi connectivity index (χ2n) is 14.0. The van der Waals surface area contributed by atoms with E-state index in [0.717, 1.165) is 61.0 Å². The summed E-state index contributed by atoms with van der Waals surface area (Å²) in [5, 5.41) is 27.2. The topological polar surface area (TPSA) is 62.4 Å². The molecule has 254 valence electrons. The average molecular weight is 700 g/mol. The van der Waals surface area contributed by atoms with E-state index >= 15 is 0 Å². The van der Waals surface area contributed by atoms with Crippen LogP contribution < -0.4 is 0 Å². The Morgan fingerprint density at radius 1 is 0.364 bits per heavy atom. The smallest absolute Gasteiger partial charge is 0.0998 e. The predicted molar refractivity (Wildman–Crippen MR) is 224 cm³/mol. The van der Waals surface area contributed by atoms with E-state index in [1.54, 1.807) is 0 Å². The normalized spacial score (nSPS) is 11.6. The largest absolute Gasteiger partial charge is 0.309 e. The minimum absolute atomic E-state index is 0.588. The summed E-state index contributed by atoms with van der Waals surface area (Å²) in [6.45, 7) is 0. The van der Waals surface area contributed by atoms with Crippen LogP contribution >= 0.6 is 0 Å². The van der Waals surface area contributed by atoms with Crippen LogP contribution in [0.3, 0.4) is 0 Å². The lowest BCUT2D eigenvalue weighted by molar-refractivity contribution is 1.16. The number of fused-ring (bicyclic) bond motifs is 9. The number of rotatable bonds is 4. The molecule has 0 radical (unpaired) electrons. The molecule has 0 saturated carbocycles. The Labute approximate surface area is 316 Å². The van der Waals surface area contributed by atoms with E-state index in [1.165, 1.54) is 32.6 Å². The zero-order chi connectivity index (χ0) is 36.6. The van der Waals surface area contributed by atoms with Gasteiger partial charge in [0, 0.05) is 43.6 Å². The number of hydrogen-bond donors (Lipinski definition) is 0. The molecule has 0 spiro atoms. The third kappa shape index (κ3) is 4.39. The van der Waals surface area contributed by atoms with Crippen molar-refractivity contribution in [1.29, 1.82) is 10.5 Å². The van der Waals surface area contributed by atoms with Crippen LogP contribution in [0.2, 0.25) is 0 Å². The highest BCUT2D eigenvalue weighted by molar-refractivity contribution is 6.16. The Kier molecular flexibility index (Phi) is 6.61. The number of para-hydroxylation sites is 4. The van der Waals surface area contributed by atoms with Crippen molar-refractivity contribution in [2.24, 2.45) is 0 Å². The van der Waals surface area contributed by atoms with Gasteiger partial charge in [0.25, 0.3) is 0 Å². The average Bonchev–Trinajstić information content (AvgIpc) is 3.89. The van der Waals surface area contributed by atoms with Gasteiger partial charge in [0.15, 0.2) is 0 Å². The van der Waals surface area contributed by atoms with E-state index in [2.05, 4.69) is 159 Å². The minimum Gasteiger partial charge on any atom is -0.309 e. The quantitative estimate of drug-likeness (QED) is 0.184. The highest BCUT2D eigenvalue weighted by Gasteiger charge is 2.22. The van der Waals surface area contributed by atoms with E-state index < -0.39 is 0 Å². The van der Waals surface area contributed by atoms with Gasteiger partial charge in [-0.25, -0.2) is 0 Å². The first-order valence-corrected chi connectivity index (χ1v) is 18.3. The molecule has 3 heterocycles. The molecule has 11 rings (SSSR count). The van der Waals surface area contributed by atoms with Crippen LogP contribution in [0, 0.1) is 22.7 Å². The lowest BCUT2D eigenvalue weighted by Crippen LogP contribution is -2.00. The number of aromatic nitrogens is 3. The molecule has 0 saturated heterocycles. The molecule has 0 unspecified atom stereocenters. The zero-order valence-corrected chi connectivity index (χ0v) is 29.5. The summed E-state index contributed by atoms with van der Waals surface area (Å²) in [6.07, 6.45) is 0. The van der Waals surface area contributed by atoms with Gasteiger partial charge in [0.2, 0.25) is 0 Å². The van der Waals surface area contributed by atoms with Crippen LogP contribution in [0.1, 0.15) is 11.1 Å². The molecule has 0 aliphatic rings. The summed E-state index contributed by atoms with van der Waals surface area (Å²) in [5.41, 5.74) is 12.6. The summed E-state index contributed by atoms with van der Waals surface area (Å²) in [5.74, 6) is 0. The van der Waals surface area contributed by atoms with Gasteiger partial charge in [-0.3, -0.25) is 0 Å². The lowest BCUT2D eigenvalue weighted by Gasteiger charge is -2.17. The van der Waals surface area contributed by atoms with Crippen molar-refractivity contribution in [2.75, 3.05) is 0 Å². The second-order valence-corrected chi connectivity index (χ2v) is 14.0. The van der Waals surface area contributed by atoms with E-state index in [0.29, 0.717) is 11.1 Å². The Balaban J connectivity index is 1.17. The molecule has 0 amide bonds. The number of benzene rings is 8. The molecule has 55 heavy (non-hydrogen) atoms. The van der Waals surface area contributed by atoms with Gasteiger partial charge in [-0.15, -0.1) is 0 Å². The predicted octanol–water partition coefficient (Wildman–Crippen LogP) is 12.4. The van der Waals surface area contributed by atoms with Crippen molar-refractivity contribution in [3.8, 4) is 40.3 Å². The summed E-state index contributed by atoms with van der Waals surface area (Å²) in [6, 6.07) is 65.9. The van der Waals surface area contributed by atoms with Crippen LogP contribution in [0.25, 0.3) is 93.6 Å². The van der Waals surface area contributed by atoms with Crippen molar-refractivity contribution < 1.29 is 0 Å². The fourth-order valence-electron chi connectivity index (χ4n) is 8.87. The van der Waals surface area contributed by atoms with Gasteiger partial charge < -0.3 is 13.7 Å². The molecule has 0 aliphatic heterocycles. The molecule has 0 fully saturated rings. The van der Waals surface area contributed by atoms with Gasteiger partial charge in [-0.05, 0) is 84.4 Å². The maximum Gasteiger partial charge on any atom is 0.0998 e. The monoisotopic (exact) mass is 699 g/mol. The second kappa shape index (κ2) is 11.8. The van der Waals surface area contributed by atoms with Gasteiger partial charge >= 0.3 is 0 Å². The maximum atomic E-state index is 10.6. The first-order chi connectivity index (χ1) is 27.2. The molecule has 0 N–H and O–H groups in total. The van der Waals surface area contributed by atoms with Crippen molar-refractivity contribution in [1.82, 2.24) is 13.7 Å². The minimum atomic E-state index is 0.588. The van der Waals surface area contributed by atoms with Crippen molar-refractivity contribution in [3.63, 3.8) is 0 Å². The first-order valence-electron chi connectivity index (χ1n) is 18.3. The van der Waals surface area contributed by atoms with E-state index in [9.17, 15) is 10.5 Å². The van der Waals surface area contributed by atoms with Crippen LogP contribution in [-0.2, 0) is 0 Å². The van der Waals surface area contributed by atoms with E-state index in [-0.39, 0.29) is 0 Å². The third-order valence-electron chi connectivity index (χ3n) is 11.1. The van der Waals surface area contributed by atoms with Gasteiger partial charge in [-0.1, -0.05) is 97.1 Å². The zero-order valence-electron chi connectivity index (χ0n) is 29.5. The standard InChI is InChI=1S/C50H29N5/c51-30-32-26-27-45-40(28-32)38-17-3-7-21-43(38)55(45)46-23-10-13-34(31-52)49(46)33-12-9-14-35(29-33)53-44-22-8-4-18-39(44)50-47(53)24-11-25-48(50)54-41-19-5-1-15-36(41)37-16-2-6-20-42(37)54/h1-29H. The highest BCUT2D eigenvalue weighted by Crippen LogP contribution is 2.42. The fraction of sp³-hybridized carbons (Fsp3) is 0. The van der Waals surface area contributed by atoms with Crippen molar-refractivity contribution in [2.45, 2.75) is 0 Å². The fourth-order valence-corrected chi connectivity index (χ4v) is 8.87. The molecular formula is C50H29N5. The molecule has 5 heteroatoms. The summed E-state index contributed by atoms with van der Waals surface area (Å²) >= 11 is 0.